The molecule has 0 aromatic heterocycles. The van der Waals surface area contributed by atoms with Gasteiger partial charge in [0.25, 0.3) is 0 Å². The van der Waals surface area contributed by atoms with Gasteiger partial charge < -0.3 is 0 Å². The van der Waals surface area contributed by atoms with Crippen LogP contribution in [0.2, 0.25) is 30.7 Å². The number of halogens is 1. The highest BCUT2D eigenvalue weighted by molar-refractivity contribution is 7.92. The first kappa shape index (κ1) is 24.5. The lowest BCUT2D eigenvalue weighted by molar-refractivity contribution is 0.584. The Morgan fingerprint density at radius 2 is 1.38 bits per heavy atom. The van der Waals surface area contributed by atoms with Crippen LogP contribution in [0.25, 0.3) is 0 Å². The van der Waals surface area contributed by atoms with Crippen molar-refractivity contribution in [2.75, 3.05) is 0 Å². The highest BCUT2D eigenvalue weighted by atomic mass is 35.5. The van der Waals surface area contributed by atoms with Crippen LogP contribution in [0.4, 0.5) is 0 Å². The number of benzene rings is 3. The quantitative estimate of drug-likeness (QED) is 0.238. The molecule has 0 radical (unpaired) electrons. The largest absolute Gasteiger partial charge is 0.223 e. The molecule has 0 aliphatic carbocycles. The van der Waals surface area contributed by atoms with Crippen molar-refractivity contribution in [3.05, 3.63) is 113 Å². The molecular weight excluding hydrogens is 452 g/mol. The Kier molecular flexibility index (Phi) is 8.15. The number of allylic oxidation sites excluding steroid dienone is 1. The van der Waals surface area contributed by atoms with Crippen molar-refractivity contribution in [3.63, 3.8) is 0 Å². The van der Waals surface area contributed by atoms with Crippen molar-refractivity contribution in [2.45, 2.75) is 48.7 Å². The maximum atomic E-state index is 13.9. The molecule has 32 heavy (non-hydrogen) atoms. The molecule has 0 heterocycles. The molecule has 1 atom stereocenters. The molecule has 5 heteroatoms. The van der Waals surface area contributed by atoms with E-state index in [-0.39, 0.29) is 0 Å². The van der Waals surface area contributed by atoms with E-state index < -0.39 is 23.2 Å². The van der Waals surface area contributed by atoms with E-state index in [0.717, 1.165) is 22.7 Å². The number of sulfone groups is 1. The third kappa shape index (κ3) is 6.93. The molecule has 0 bridgehead atoms. The SMILES string of the molecule is C[Si](C)(C)C/C=C(/Cc1ccccc1)C(Cc1ccccc1)S(=O)(=O)c1ccc(Cl)cc1. The van der Waals surface area contributed by atoms with E-state index in [1.54, 1.807) is 24.3 Å². The summed E-state index contributed by atoms with van der Waals surface area (Å²) < 4.78 is 27.9. The second kappa shape index (κ2) is 10.6. The zero-order valence-corrected chi connectivity index (χ0v) is 21.5. The lowest BCUT2D eigenvalue weighted by Crippen LogP contribution is -2.28. The molecule has 2 nitrogen and oxygen atoms in total. The number of hydrogen-bond donors (Lipinski definition) is 0. The van der Waals surface area contributed by atoms with Crippen LogP contribution in [0.1, 0.15) is 11.1 Å². The third-order valence-electron chi connectivity index (χ3n) is 5.42. The first-order valence-electron chi connectivity index (χ1n) is 10.9. The van der Waals surface area contributed by atoms with Crippen molar-refractivity contribution < 1.29 is 8.42 Å². The van der Waals surface area contributed by atoms with Gasteiger partial charge in [-0.3, -0.25) is 0 Å². The monoisotopic (exact) mass is 482 g/mol. The predicted octanol–water partition coefficient (Wildman–Crippen LogP) is 7.23. The van der Waals surface area contributed by atoms with Gasteiger partial charge in [0.1, 0.15) is 0 Å². The van der Waals surface area contributed by atoms with Crippen LogP contribution in [0.3, 0.4) is 0 Å². The zero-order valence-electron chi connectivity index (χ0n) is 19.0. The molecule has 0 aliphatic heterocycles. The molecule has 1 unspecified atom stereocenters. The van der Waals surface area contributed by atoms with Gasteiger partial charge in [0.15, 0.2) is 9.84 Å². The normalized spacial score (nSPS) is 13.7. The Bertz CT molecular complexity index is 1130. The van der Waals surface area contributed by atoms with E-state index in [0.29, 0.717) is 22.8 Å². The summed E-state index contributed by atoms with van der Waals surface area (Å²) in [5, 5.41) is -0.107. The van der Waals surface area contributed by atoms with Gasteiger partial charge in [0.2, 0.25) is 0 Å². The second-order valence-electron chi connectivity index (χ2n) is 9.38. The molecule has 0 fully saturated rings. The van der Waals surface area contributed by atoms with E-state index >= 15 is 0 Å². The smallest absolute Gasteiger partial charge is 0.185 e. The molecule has 3 aromatic carbocycles. The Labute approximate surface area is 198 Å². The molecule has 0 aliphatic rings. The average Bonchev–Trinajstić information content (AvgIpc) is 2.76. The van der Waals surface area contributed by atoms with Gasteiger partial charge in [-0.25, -0.2) is 8.42 Å². The minimum atomic E-state index is -3.61. The van der Waals surface area contributed by atoms with Crippen LogP contribution in [0, 0.1) is 0 Å². The molecule has 0 spiro atoms. The molecule has 0 amide bonds. The summed E-state index contributed by atoms with van der Waals surface area (Å²) in [5.41, 5.74) is 3.11. The van der Waals surface area contributed by atoms with Crippen LogP contribution in [0.5, 0.6) is 0 Å². The Morgan fingerprint density at radius 1 is 0.844 bits per heavy atom. The van der Waals surface area contributed by atoms with Crippen molar-refractivity contribution in [1.29, 1.82) is 0 Å². The topological polar surface area (TPSA) is 34.1 Å². The lowest BCUT2D eigenvalue weighted by Gasteiger charge is -2.23. The third-order valence-corrected chi connectivity index (χ3v) is 9.25. The lowest BCUT2D eigenvalue weighted by atomic mass is 9.97. The fourth-order valence-corrected chi connectivity index (χ4v) is 6.48. The summed E-state index contributed by atoms with van der Waals surface area (Å²) >= 11 is 6.04. The minimum absolute atomic E-state index is 0.315. The second-order valence-corrected chi connectivity index (χ2v) is 17.5. The van der Waals surface area contributed by atoms with E-state index in [1.807, 2.05) is 48.5 Å². The van der Waals surface area contributed by atoms with Crippen molar-refractivity contribution >= 4 is 29.5 Å². The fourth-order valence-electron chi connectivity index (χ4n) is 3.64. The van der Waals surface area contributed by atoms with Gasteiger partial charge in [0, 0.05) is 13.1 Å². The van der Waals surface area contributed by atoms with Crippen molar-refractivity contribution in [3.8, 4) is 0 Å². The first-order chi connectivity index (χ1) is 15.1. The number of hydrogen-bond acceptors (Lipinski definition) is 2. The van der Waals surface area contributed by atoms with Gasteiger partial charge >= 0.3 is 0 Å². The Hall–Kier alpha value is -2.14. The maximum Gasteiger partial charge on any atom is 0.185 e. The van der Waals surface area contributed by atoms with E-state index in [9.17, 15) is 8.42 Å². The van der Waals surface area contributed by atoms with Crippen LogP contribution in [-0.2, 0) is 22.7 Å². The molecular formula is C27H31ClO2SSi. The highest BCUT2D eigenvalue weighted by Crippen LogP contribution is 2.29. The van der Waals surface area contributed by atoms with Crippen LogP contribution in [0.15, 0.2) is 101 Å². The molecule has 0 N–H and O–H groups in total. The van der Waals surface area contributed by atoms with Crippen molar-refractivity contribution in [2.24, 2.45) is 0 Å². The maximum absolute atomic E-state index is 13.9. The molecule has 3 rings (SSSR count). The standard InChI is InChI=1S/C27H31ClO2SSi/c1-32(2,3)19-18-24(20-22-10-6-4-7-11-22)27(21-23-12-8-5-9-13-23)31(29,30)26-16-14-25(28)15-17-26/h4-18,27H,19-21H2,1-3H3/b24-18-. The Morgan fingerprint density at radius 3 is 1.91 bits per heavy atom. The van der Waals surface area contributed by atoms with Crippen LogP contribution >= 0.6 is 11.6 Å². The zero-order chi connectivity index (χ0) is 23.2. The summed E-state index contributed by atoms with van der Waals surface area (Å²) in [6.07, 6.45) is 3.27. The van der Waals surface area contributed by atoms with E-state index in [1.165, 1.54) is 0 Å². The van der Waals surface area contributed by atoms with Gasteiger partial charge in [-0.1, -0.05) is 104 Å². The van der Waals surface area contributed by atoms with E-state index in [4.69, 9.17) is 11.6 Å². The summed E-state index contributed by atoms with van der Waals surface area (Å²) in [7, 11) is -5.02. The molecule has 3 aromatic rings. The average molecular weight is 483 g/mol. The van der Waals surface area contributed by atoms with Crippen LogP contribution in [-0.4, -0.2) is 21.7 Å². The number of rotatable bonds is 9. The fraction of sp³-hybridized carbons (Fsp3) is 0.259. The highest BCUT2D eigenvalue weighted by Gasteiger charge is 2.31. The van der Waals surface area contributed by atoms with Gasteiger partial charge in [0.05, 0.1) is 10.1 Å². The predicted molar refractivity (Wildman–Crippen MR) is 139 cm³/mol. The van der Waals surface area contributed by atoms with Gasteiger partial charge in [-0.05, 0) is 54.3 Å². The minimum Gasteiger partial charge on any atom is -0.223 e. The summed E-state index contributed by atoms with van der Waals surface area (Å²) in [6, 6.07) is 27.5. The van der Waals surface area contributed by atoms with Gasteiger partial charge in [-0.15, -0.1) is 0 Å². The summed E-state index contributed by atoms with van der Waals surface area (Å²) in [6.45, 7) is 6.93. The Balaban J connectivity index is 2.10. The first-order valence-corrected chi connectivity index (χ1v) is 16.5. The van der Waals surface area contributed by atoms with Gasteiger partial charge in [-0.2, -0.15) is 0 Å². The molecule has 0 saturated heterocycles. The summed E-state index contributed by atoms with van der Waals surface area (Å²) in [5.74, 6) is 0. The molecule has 168 valence electrons. The molecule has 0 saturated carbocycles. The summed E-state index contributed by atoms with van der Waals surface area (Å²) in [4.78, 5) is 0.315. The van der Waals surface area contributed by atoms with E-state index in [2.05, 4.69) is 37.8 Å². The van der Waals surface area contributed by atoms with Crippen LogP contribution < -0.4 is 0 Å². The van der Waals surface area contributed by atoms with Crippen molar-refractivity contribution in [1.82, 2.24) is 0 Å².